The Morgan fingerprint density at radius 2 is 1.93 bits per heavy atom. The molecule has 15 heavy (non-hydrogen) atoms. The largest absolute Gasteiger partial charge is 0.371 e. The van der Waals surface area contributed by atoms with Crippen LogP contribution in [0.4, 0.5) is 5.69 Å². The SMILES string of the molecule is CCc1ccc(N2CCCCC2)c(Br)c1. The molecule has 0 saturated carbocycles. The lowest BCUT2D eigenvalue weighted by Crippen LogP contribution is -2.29. The van der Waals surface area contributed by atoms with Crippen LogP contribution in [0.25, 0.3) is 0 Å². The fourth-order valence-corrected chi connectivity index (χ4v) is 2.84. The molecule has 1 aromatic carbocycles. The Kier molecular flexibility index (Phi) is 3.68. The van der Waals surface area contributed by atoms with Gasteiger partial charge in [0.1, 0.15) is 0 Å². The van der Waals surface area contributed by atoms with Crippen molar-refractivity contribution in [1.29, 1.82) is 0 Å². The number of halogens is 1. The molecule has 1 aliphatic heterocycles. The van der Waals surface area contributed by atoms with E-state index in [-0.39, 0.29) is 0 Å². The molecular weight excluding hydrogens is 250 g/mol. The van der Waals surface area contributed by atoms with Crippen LogP contribution in [0.2, 0.25) is 0 Å². The zero-order valence-electron chi connectivity index (χ0n) is 9.30. The van der Waals surface area contributed by atoms with E-state index in [9.17, 15) is 0 Å². The number of nitrogens with zero attached hydrogens (tertiary/aromatic N) is 1. The number of anilines is 1. The van der Waals surface area contributed by atoms with Gasteiger partial charge in [-0.25, -0.2) is 0 Å². The van der Waals surface area contributed by atoms with E-state index < -0.39 is 0 Å². The van der Waals surface area contributed by atoms with Crippen molar-refractivity contribution in [3.05, 3.63) is 28.2 Å². The highest BCUT2D eigenvalue weighted by molar-refractivity contribution is 9.10. The first kappa shape index (κ1) is 11.0. The molecule has 0 unspecified atom stereocenters. The minimum absolute atomic E-state index is 1.11. The van der Waals surface area contributed by atoms with E-state index in [1.165, 1.54) is 48.1 Å². The molecule has 0 N–H and O–H groups in total. The van der Waals surface area contributed by atoms with Crippen molar-refractivity contribution in [2.45, 2.75) is 32.6 Å². The fourth-order valence-electron chi connectivity index (χ4n) is 2.16. The number of aryl methyl sites for hydroxylation is 1. The molecule has 82 valence electrons. The van der Waals surface area contributed by atoms with Crippen molar-refractivity contribution in [1.82, 2.24) is 0 Å². The zero-order valence-corrected chi connectivity index (χ0v) is 10.9. The zero-order chi connectivity index (χ0) is 10.7. The van der Waals surface area contributed by atoms with Gasteiger partial charge in [0.2, 0.25) is 0 Å². The topological polar surface area (TPSA) is 3.24 Å². The van der Waals surface area contributed by atoms with Gasteiger partial charge < -0.3 is 4.90 Å². The molecule has 1 aromatic rings. The van der Waals surface area contributed by atoms with E-state index in [0.29, 0.717) is 0 Å². The molecule has 1 aliphatic rings. The molecule has 1 heterocycles. The van der Waals surface area contributed by atoms with E-state index in [4.69, 9.17) is 0 Å². The lowest BCUT2D eigenvalue weighted by atomic mass is 10.1. The summed E-state index contributed by atoms with van der Waals surface area (Å²) in [6.45, 7) is 4.62. The van der Waals surface area contributed by atoms with Gasteiger partial charge in [-0.15, -0.1) is 0 Å². The molecule has 0 atom stereocenters. The highest BCUT2D eigenvalue weighted by Gasteiger charge is 2.13. The molecule has 0 aliphatic carbocycles. The molecule has 1 fully saturated rings. The number of rotatable bonds is 2. The minimum atomic E-state index is 1.11. The molecule has 0 bridgehead atoms. The standard InChI is InChI=1S/C13H18BrN/c1-2-11-6-7-13(12(14)10-11)15-8-4-3-5-9-15/h6-7,10H,2-5,8-9H2,1H3. The van der Waals surface area contributed by atoms with Crippen LogP contribution in [0.3, 0.4) is 0 Å². The van der Waals surface area contributed by atoms with Crippen molar-refractivity contribution in [3.63, 3.8) is 0 Å². The summed E-state index contributed by atoms with van der Waals surface area (Å²) in [7, 11) is 0. The third kappa shape index (κ3) is 2.54. The van der Waals surface area contributed by atoms with Crippen LogP contribution in [0, 0.1) is 0 Å². The lowest BCUT2D eigenvalue weighted by molar-refractivity contribution is 0.577. The van der Waals surface area contributed by atoms with E-state index in [1.54, 1.807) is 0 Å². The van der Waals surface area contributed by atoms with Crippen LogP contribution in [0.15, 0.2) is 22.7 Å². The molecule has 1 saturated heterocycles. The van der Waals surface area contributed by atoms with Gasteiger partial charge in [0.15, 0.2) is 0 Å². The van der Waals surface area contributed by atoms with Crippen molar-refractivity contribution >= 4 is 21.6 Å². The maximum absolute atomic E-state index is 3.68. The summed E-state index contributed by atoms with van der Waals surface area (Å²) < 4.78 is 1.25. The van der Waals surface area contributed by atoms with E-state index in [2.05, 4.69) is 46.0 Å². The number of hydrogen-bond donors (Lipinski definition) is 0. The lowest BCUT2D eigenvalue weighted by Gasteiger charge is -2.29. The summed E-state index contributed by atoms with van der Waals surface area (Å²) in [6, 6.07) is 6.76. The smallest absolute Gasteiger partial charge is 0.0510 e. The van der Waals surface area contributed by atoms with Crippen LogP contribution < -0.4 is 4.90 Å². The Balaban J connectivity index is 2.19. The van der Waals surface area contributed by atoms with E-state index in [0.717, 1.165) is 6.42 Å². The van der Waals surface area contributed by atoms with E-state index >= 15 is 0 Å². The Labute approximate surface area is 101 Å². The Bertz CT molecular complexity index is 329. The number of hydrogen-bond acceptors (Lipinski definition) is 1. The second-order valence-corrected chi connectivity index (χ2v) is 5.04. The predicted molar refractivity (Wildman–Crippen MR) is 69.6 cm³/mol. The predicted octanol–water partition coefficient (Wildman–Crippen LogP) is 4.00. The molecule has 2 heteroatoms. The van der Waals surface area contributed by atoms with Crippen LogP contribution in [0.5, 0.6) is 0 Å². The Hall–Kier alpha value is -0.500. The van der Waals surface area contributed by atoms with Crippen molar-refractivity contribution in [3.8, 4) is 0 Å². The fraction of sp³-hybridized carbons (Fsp3) is 0.538. The summed E-state index contributed by atoms with van der Waals surface area (Å²) in [5, 5.41) is 0. The monoisotopic (exact) mass is 267 g/mol. The third-order valence-corrected chi connectivity index (χ3v) is 3.75. The second-order valence-electron chi connectivity index (χ2n) is 4.19. The number of piperidine rings is 1. The molecule has 0 spiro atoms. The van der Waals surface area contributed by atoms with Gasteiger partial charge in [-0.05, 0) is 59.3 Å². The van der Waals surface area contributed by atoms with Gasteiger partial charge in [-0.1, -0.05) is 13.0 Å². The Morgan fingerprint density at radius 1 is 1.20 bits per heavy atom. The first-order valence-electron chi connectivity index (χ1n) is 5.84. The first-order valence-corrected chi connectivity index (χ1v) is 6.64. The minimum Gasteiger partial charge on any atom is -0.371 e. The maximum Gasteiger partial charge on any atom is 0.0510 e. The van der Waals surface area contributed by atoms with Gasteiger partial charge in [-0.2, -0.15) is 0 Å². The second kappa shape index (κ2) is 5.02. The summed E-state index contributed by atoms with van der Waals surface area (Å²) in [5.41, 5.74) is 2.77. The van der Waals surface area contributed by atoms with Gasteiger partial charge >= 0.3 is 0 Å². The maximum atomic E-state index is 3.68. The van der Waals surface area contributed by atoms with Crippen molar-refractivity contribution in [2.24, 2.45) is 0 Å². The first-order chi connectivity index (χ1) is 7.31. The normalized spacial score (nSPS) is 16.8. The number of benzene rings is 1. The summed E-state index contributed by atoms with van der Waals surface area (Å²) in [5.74, 6) is 0. The van der Waals surface area contributed by atoms with Gasteiger partial charge in [-0.3, -0.25) is 0 Å². The molecule has 0 amide bonds. The van der Waals surface area contributed by atoms with Crippen molar-refractivity contribution in [2.75, 3.05) is 18.0 Å². The molecule has 0 aromatic heterocycles. The van der Waals surface area contributed by atoms with Gasteiger partial charge in [0, 0.05) is 17.6 Å². The quantitative estimate of drug-likeness (QED) is 0.783. The summed E-state index contributed by atoms with van der Waals surface area (Å²) >= 11 is 3.68. The molecule has 0 radical (unpaired) electrons. The average molecular weight is 268 g/mol. The summed E-state index contributed by atoms with van der Waals surface area (Å²) in [4.78, 5) is 2.49. The highest BCUT2D eigenvalue weighted by atomic mass is 79.9. The molecule has 2 rings (SSSR count). The average Bonchev–Trinajstić information content (AvgIpc) is 2.30. The van der Waals surface area contributed by atoms with Crippen LogP contribution in [-0.4, -0.2) is 13.1 Å². The van der Waals surface area contributed by atoms with Crippen LogP contribution in [0.1, 0.15) is 31.7 Å². The van der Waals surface area contributed by atoms with Gasteiger partial charge in [0.05, 0.1) is 5.69 Å². The summed E-state index contributed by atoms with van der Waals surface area (Å²) in [6.07, 6.45) is 5.17. The Morgan fingerprint density at radius 3 is 2.53 bits per heavy atom. The van der Waals surface area contributed by atoms with Gasteiger partial charge in [0.25, 0.3) is 0 Å². The third-order valence-electron chi connectivity index (χ3n) is 3.12. The van der Waals surface area contributed by atoms with Crippen molar-refractivity contribution < 1.29 is 0 Å². The van der Waals surface area contributed by atoms with Crippen LogP contribution in [-0.2, 0) is 6.42 Å². The highest BCUT2D eigenvalue weighted by Crippen LogP contribution is 2.29. The molecular formula is C13H18BrN. The molecule has 1 nitrogen and oxygen atoms in total. The van der Waals surface area contributed by atoms with Crippen LogP contribution >= 0.6 is 15.9 Å². The van der Waals surface area contributed by atoms with E-state index in [1.807, 2.05) is 0 Å².